The zero-order chi connectivity index (χ0) is 24.3. The highest BCUT2D eigenvalue weighted by Gasteiger charge is 2.74. The summed E-state index contributed by atoms with van der Waals surface area (Å²) < 4.78 is 6.42. The Hall–Kier alpha value is -2.45. The number of hydrogen-bond acceptors (Lipinski definition) is 5. The number of nitrogens with zero attached hydrogens (tertiary/aromatic N) is 1. The van der Waals surface area contributed by atoms with E-state index < -0.39 is 23.5 Å². The van der Waals surface area contributed by atoms with Crippen molar-refractivity contribution in [3.8, 4) is 0 Å². The number of fused-ring (bicyclic) bond motifs is 1. The van der Waals surface area contributed by atoms with Gasteiger partial charge in [-0.05, 0) is 44.6 Å². The molecular formula is C26H37N3O5. The van der Waals surface area contributed by atoms with Crippen LogP contribution in [0.4, 0.5) is 0 Å². The fraction of sp³-hybridized carbons (Fsp3) is 0.654. The fourth-order valence-electron chi connectivity index (χ4n) is 6.12. The summed E-state index contributed by atoms with van der Waals surface area (Å²) in [5, 5.41) is 15.3. The minimum Gasteiger partial charge on any atom is -0.396 e. The van der Waals surface area contributed by atoms with Crippen LogP contribution in [0.1, 0.15) is 57.9 Å². The van der Waals surface area contributed by atoms with Gasteiger partial charge in [0, 0.05) is 25.7 Å². The standard InChI is InChI=1S/C26H37N3O5/c1-3-9-17(2)28-24(32)22-26-13-12-19(34-26)20(21(26)25(33)29(22)14-7-8-15-30)23(31)27-16-18-10-5-4-6-11-18/h4-6,10-11,17,19-22,30H,3,7-9,12-16H2,1-2H3,(H,27,31)(H,28,32)/t17?,19-,20+,21-,22?,26?/m0/s1. The molecule has 34 heavy (non-hydrogen) atoms. The molecule has 0 saturated carbocycles. The number of hydrogen-bond donors (Lipinski definition) is 3. The Morgan fingerprint density at radius 1 is 1.24 bits per heavy atom. The predicted molar refractivity (Wildman–Crippen MR) is 126 cm³/mol. The zero-order valence-corrected chi connectivity index (χ0v) is 20.2. The molecule has 3 unspecified atom stereocenters. The lowest BCUT2D eigenvalue weighted by Gasteiger charge is -2.34. The molecule has 3 aliphatic heterocycles. The molecule has 2 bridgehead atoms. The van der Waals surface area contributed by atoms with Crippen molar-refractivity contribution in [1.82, 2.24) is 15.5 Å². The number of nitrogens with one attached hydrogen (secondary N) is 2. The second-order valence-corrected chi connectivity index (χ2v) is 9.92. The summed E-state index contributed by atoms with van der Waals surface area (Å²) in [6.07, 6.45) is 3.83. The summed E-state index contributed by atoms with van der Waals surface area (Å²) in [6.45, 7) is 4.82. The number of carbonyl (C=O) groups excluding carboxylic acids is 3. The first-order valence-electron chi connectivity index (χ1n) is 12.6. The summed E-state index contributed by atoms with van der Waals surface area (Å²) in [5.41, 5.74) is 0.0197. The van der Waals surface area contributed by atoms with Gasteiger partial charge in [0.25, 0.3) is 0 Å². The van der Waals surface area contributed by atoms with Crippen LogP contribution in [-0.4, -0.2) is 64.7 Å². The molecule has 3 aliphatic rings. The van der Waals surface area contributed by atoms with E-state index in [1.165, 1.54) is 0 Å². The number of rotatable bonds is 11. The van der Waals surface area contributed by atoms with Gasteiger partial charge in [0.2, 0.25) is 17.7 Å². The summed E-state index contributed by atoms with van der Waals surface area (Å²) in [7, 11) is 0. The average molecular weight is 472 g/mol. The molecule has 1 aromatic carbocycles. The van der Waals surface area contributed by atoms with Crippen molar-refractivity contribution in [1.29, 1.82) is 0 Å². The molecule has 3 heterocycles. The lowest BCUT2D eigenvalue weighted by Crippen LogP contribution is -2.56. The Morgan fingerprint density at radius 3 is 2.71 bits per heavy atom. The van der Waals surface area contributed by atoms with E-state index in [9.17, 15) is 19.5 Å². The number of amides is 3. The highest BCUT2D eigenvalue weighted by Crippen LogP contribution is 2.58. The first kappa shape index (κ1) is 24.7. The van der Waals surface area contributed by atoms with E-state index in [0.717, 1.165) is 18.4 Å². The molecule has 3 saturated heterocycles. The van der Waals surface area contributed by atoms with Crippen LogP contribution in [0.3, 0.4) is 0 Å². The average Bonchev–Trinajstić information content (AvgIpc) is 3.46. The summed E-state index contributed by atoms with van der Waals surface area (Å²) in [4.78, 5) is 42.1. The number of aliphatic hydroxyl groups is 1. The van der Waals surface area contributed by atoms with Crippen LogP contribution in [0.15, 0.2) is 30.3 Å². The molecule has 0 aromatic heterocycles. The van der Waals surface area contributed by atoms with E-state index in [0.29, 0.717) is 38.8 Å². The van der Waals surface area contributed by atoms with Gasteiger partial charge in [-0.15, -0.1) is 0 Å². The number of ether oxygens (including phenoxy) is 1. The maximum Gasteiger partial charge on any atom is 0.246 e. The smallest absolute Gasteiger partial charge is 0.246 e. The molecule has 4 rings (SSSR count). The van der Waals surface area contributed by atoms with Gasteiger partial charge < -0.3 is 25.4 Å². The van der Waals surface area contributed by atoms with Crippen LogP contribution < -0.4 is 10.6 Å². The third kappa shape index (κ3) is 4.45. The molecule has 3 amide bonds. The number of benzene rings is 1. The van der Waals surface area contributed by atoms with Gasteiger partial charge in [-0.1, -0.05) is 43.7 Å². The van der Waals surface area contributed by atoms with Crippen molar-refractivity contribution in [3.63, 3.8) is 0 Å². The third-order valence-corrected chi connectivity index (χ3v) is 7.58. The SMILES string of the molecule is CCCC(C)NC(=O)C1N(CCCCO)C(=O)[C@@H]2[C@H](C(=O)NCc3ccccc3)[C@@H]3CCC12O3. The van der Waals surface area contributed by atoms with Crippen molar-refractivity contribution in [3.05, 3.63) is 35.9 Å². The van der Waals surface area contributed by atoms with Crippen molar-refractivity contribution in [2.24, 2.45) is 11.8 Å². The van der Waals surface area contributed by atoms with Gasteiger partial charge in [0.05, 0.1) is 17.9 Å². The maximum atomic E-state index is 13.7. The molecule has 3 fully saturated rings. The molecule has 8 nitrogen and oxygen atoms in total. The molecule has 3 N–H and O–H groups in total. The number of carbonyl (C=O) groups is 3. The Labute approximate surface area is 201 Å². The number of unbranched alkanes of at least 4 members (excludes halogenated alkanes) is 1. The first-order valence-corrected chi connectivity index (χ1v) is 12.6. The van der Waals surface area contributed by atoms with E-state index in [2.05, 4.69) is 17.6 Å². The Bertz CT molecular complexity index is 894. The molecule has 0 aliphatic carbocycles. The summed E-state index contributed by atoms with van der Waals surface area (Å²) >= 11 is 0. The molecule has 1 aromatic rings. The number of aliphatic hydroxyl groups excluding tert-OH is 1. The highest BCUT2D eigenvalue weighted by molar-refractivity contribution is 5.99. The highest BCUT2D eigenvalue weighted by atomic mass is 16.5. The van der Waals surface area contributed by atoms with E-state index in [4.69, 9.17) is 4.74 Å². The van der Waals surface area contributed by atoms with E-state index in [-0.39, 0.29) is 36.5 Å². The minimum absolute atomic E-state index is 0.00841. The quantitative estimate of drug-likeness (QED) is 0.426. The predicted octanol–water partition coefficient (Wildman–Crippen LogP) is 1.75. The second kappa shape index (κ2) is 10.4. The molecular weight excluding hydrogens is 434 g/mol. The van der Waals surface area contributed by atoms with Crippen molar-refractivity contribution in [2.45, 2.75) is 82.7 Å². The van der Waals surface area contributed by atoms with Crippen LogP contribution in [0.5, 0.6) is 0 Å². The molecule has 0 radical (unpaired) electrons. The van der Waals surface area contributed by atoms with Crippen LogP contribution in [-0.2, 0) is 25.7 Å². The summed E-state index contributed by atoms with van der Waals surface area (Å²) in [6, 6.07) is 8.90. The summed E-state index contributed by atoms with van der Waals surface area (Å²) in [5.74, 6) is -1.83. The van der Waals surface area contributed by atoms with Crippen LogP contribution in [0, 0.1) is 11.8 Å². The molecule has 1 spiro atoms. The lowest BCUT2D eigenvalue weighted by atomic mass is 9.70. The van der Waals surface area contributed by atoms with Crippen LogP contribution in [0.2, 0.25) is 0 Å². The van der Waals surface area contributed by atoms with Crippen LogP contribution >= 0.6 is 0 Å². The Morgan fingerprint density at radius 2 is 2.00 bits per heavy atom. The molecule has 6 atom stereocenters. The topological polar surface area (TPSA) is 108 Å². The fourth-order valence-corrected chi connectivity index (χ4v) is 6.12. The minimum atomic E-state index is -0.967. The number of likely N-dealkylation sites (tertiary alicyclic amines) is 1. The van der Waals surface area contributed by atoms with Gasteiger partial charge in [-0.2, -0.15) is 0 Å². The first-order chi connectivity index (χ1) is 16.4. The van der Waals surface area contributed by atoms with Gasteiger partial charge >= 0.3 is 0 Å². The normalized spacial score (nSPS) is 30.3. The Kier molecular flexibility index (Phi) is 7.57. The lowest BCUT2D eigenvalue weighted by molar-refractivity contribution is -0.142. The van der Waals surface area contributed by atoms with Gasteiger partial charge in [0.15, 0.2) is 0 Å². The van der Waals surface area contributed by atoms with Crippen molar-refractivity contribution >= 4 is 17.7 Å². The van der Waals surface area contributed by atoms with Crippen molar-refractivity contribution < 1.29 is 24.2 Å². The van der Waals surface area contributed by atoms with Gasteiger partial charge in [-0.3, -0.25) is 14.4 Å². The monoisotopic (exact) mass is 471 g/mol. The van der Waals surface area contributed by atoms with Crippen molar-refractivity contribution in [2.75, 3.05) is 13.2 Å². The van der Waals surface area contributed by atoms with E-state index in [1.54, 1.807) is 4.90 Å². The van der Waals surface area contributed by atoms with Gasteiger partial charge in [-0.25, -0.2) is 0 Å². The van der Waals surface area contributed by atoms with E-state index >= 15 is 0 Å². The maximum absolute atomic E-state index is 13.7. The zero-order valence-electron chi connectivity index (χ0n) is 20.2. The Balaban J connectivity index is 1.56. The third-order valence-electron chi connectivity index (χ3n) is 7.58. The van der Waals surface area contributed by atoms with E-state index in [1.807, 2.05) is 37.3 Å². The second-order valence-electron chi connectivity index (χ2n) is 9.92. The molecule has 186 valence electrons. The van der Waals surface area contributed by atoms with Crippen LogP contribution in [0.25, 0.3) is 0 Å². The van der Waals surface area contributed by atoms with Gasteiger partial charge in [0.1, 0.15) is 11.6 Å². The largest absolute Gasteiger partial charge is 0.396 e. The molecule has 8 heteroatoms.